The largest absolute Gasteiger partial charge is 0.357 e. The molecule has 0 saturated carbocycles. The van der Waals surface area contributed by atoms with Crippen molar-refractivity contribution in [2.75, 3.05) is 6.26 Å². The zero-order valence-corrected chi connectivity index (χ0v) is 10.2. The summed E-state index contributed by atoms with van der Waals surface area (Å²) in [5, 5.41) is 0. The number of nitrogens with zero attached hydrogens (tertiary/aromatic N) is 2. The van der Waals surface area contributed by atoms with Crippen molar-refractivity contribution in [1.82, 2.24) is 4.57 Å². The van der Waals surface area contributed by atoms with E-state index in [1.165, 1.54) is 4.90 Å². The van der Waals surface area contributed by atoms with Crippen LogP contribution in [-0.4, -0.2) is 17.0 Å². The van der Waals surface area contributed by atoms with E-state index < -0.39 is 0 Å². The molecular weight excluding hydrogens is 216 g/mol. The van der Waals surface area contributed by atoms with Gasteiger partial charge in [-0.2, -0.15) is 0 Å². The normalized spacial score (nSPS) is 11.1. The number of hydrogen-bond acceptors (Lipinski definition) is 2. The van der Waals surface area contributed by atoms with Gasteiger partial charge in [0, 0.05) is 36.1 Å². The Bertz CT molecular complexity index is 500. The van der Waals surface area contributed by atoms with Crippen molar-refractivity contribution >= 4 is 23.7 Å². The smallest absolute Gasteiger partial charge is 0.0765 e. The summed E-state index contributed by atoms with van der Waals surface area (Å²) in [6, 6.07) is 10.2. The number of para-hydroxylation sites is 1. The summed E-state index contributed by atoms with van der Waals surface area (Å²) < 4.78 is 2.02. The SMILES string of the molecule is CSc1ccccc1N=Cc1ccn(C)c1. The second-order valence-electron chi connectivity index (χ2n) is 3.54. The van der Waals surface area contributed by atoms with E-state index >= 15 is 0 Å². The van der Waals surface area contributed by atoms with E-state index in [0.29, 0.717) is 0 Å². The zero-order chi connectivity index (χ0) is 11.4. The van der Waals surface area contributed by atoms with Gasteiger partial charge in [0.2, 0.25) is 0 Å². The minimum atomic E-state index is 1.03. The molecule has 0 spiro atoms. The van der Waals surface area contributed by atoms with Gasteiger partial charge in [-0.3, -0.25) is 4.99 Å². The van der Waals surface area contributed by atoms with Crippen molar-refractivity contribution in [3.8, 4) is 0 Å². The quantitative estimate of drug-likeness (QED) is 0.582. The van der Waals surface area contributed by atoms with Gasteiger partial charge in [0.1, 0.15) is 0 Å². The van der Waals surface area contributed by atoms with Gasteiger partial charge in [-0.05, 0) is 24.5 Å². The van der Waals surface area contributed by atoms with Gasteiger partial charge >= 0.3 is 0 Å². The average molecular weight is 230 g/mol. The van der Waals surface area contributed by atoms with Gasteiger partial charge < -0.3 is 4.57 Å². The maximum absolute atomic E-state index is 4.50. The van der Waals surface area contributed by atoms with Crippen molar-refractivity contribution in [3.05, 3.63) is 48.3 Å². The van der Waals surface area contributed by atoms with Gasteiger partial charge in [-0.15, -0.1) is 11.8 Å². The molecule has 0 radical (unpaired) electrons. The predicted octanol–water partition coefficient (Wildman–Crippen LogP) is 3.50. The maximum Gasteiger partial charge on any atom is 0.0765 e. The fourth-order valence-corrected chi connectivity index (χ4v) is 2.03. The lowest BCUT2D eigenvalue weighted by Crippen LogP contribution is -1.80. The predicted molar refractivity (Wildman–Crippen MR) is 70.9 cm³/mol. The van der Waals surface area contributed by atoms with Crippen LogP contribution in [0.25, 0.3) is 0 Å². The molecule has 0 bridgehead atoms. The fraction of sp³-hybridized carbons (Fsp3) is 0.154. The molecule has 0 fully saturated rings. The highest BCUT2D eigenvalue weighted by Gasteiger charge is 1.97. The Hall–Kier alpha value is -1.48. The van der Waals surface area contributed by atoms with Crippen LogP contribution in [-0.2, 0) is 7.05 Å². The molecule has 0 aliphatic carbocycles. The highest BCUT2D eigenvalue weighted by Crippen LogP contribution is 2.26. The second-order valence-corrected chi connectivity index (χ2v) is 4.39. The Kier molecular flexibility index (Phi) is 3.47. The van der Waals surface area contributed by atoms with Gasteiger partial charge in [-0.25, -0.2) is 0 Å². The van der Waals surface area contributed by atoms with Crippen LogP contribution in [0.1, 0.15) is 5.56 Å². The first-order chi connectivity index (χ1) is 7.79. The third-order valence-corrected chi connectivity index (χ3v) is 3.08. The molecule has 1 aromatic carbocycles. The van der Waals surface area contributed by atoms with Crippen molar-refractivity contribution in [2.45, 2.75) is 4.90 Å². The Morgan fingerprint density at radius 3 is 2.75 bits per heavy atom. The molecule has 3 heteroatoms. The van der Waals surface area contributed by atoms with Crippen LogP contribution in [0, 0.1) is 0 Å². The van der Waals surface area contributed by atoms with E-state index in [9.17, 15) is 0 Å². The van der Waals surface area contributed by atoms with Crippen molar-refractivity contribution in [2.24, 2.45) is 12.0 Å². The lowest BCUT2D eigenvalue weighted by atomic mass is 10.3. The van der Waals surface area contributed by atoms with E-state index in [-0.39, 0.29) is 0 Å². The summed E-state index contributed by atoms with van der Waals surface area (Å²) >= 11 is 1.72. The Labute approximate surface area is 100 Å². The molecule has 16 heavy (non-hydrogen) atoms. The molecule has 0 aliphatic heterocycles. The monoisotopic (exact) mass is 230 g/mol. The molecule has 2 nitrogen and oxygen atoms in total. The Balaban J connectivity index is 2.23. The molecule has 0 unspecified atom stereocenters. The molecule has 82 valence electrons. The van der Waals surface area contributed by atoms with Gasteiger partial charge in [0.25, 0.3) is 0 Å². The summed E-state index contributed by atoms with van der Waals surface area (Å²) in [7, 11) is 2.01. The van der Waals surface area contributed by atoms with Gasteiger partial charge in [-0.1, -0.05) is 12.1 Å². The highest BCUT2D eigenvalue weighted by molar-refractivity contribution is 7.98. The van der Waals surface area contributed by atoms with Crippen molar-refractivity contribution in [3.63, 3.8) is 0 Å². The highest BCUT2D eigenvalue weighted by atomic mass is 32.2. The number of aryl methyl sites for hydroxylation is 1. The summed E-state index contributed by atoms with van der Waals surface area (Å²) in [6.07, 6.45) is 8.03. The number of hydrogen-bond donors (Lipinski definition) is 0. The molecule has 2 rings (SSSR count). The van der Waals surface area contributed by atoms with Crippen LogP contribution in [0.15, 0.2) is 52.6 Å². The molecule has 1 heterocycles. The van der Waals surface area contributed by atoms with Crippen molar-refractivity contribution < 1.29 is 0 Å². The second kappa shape index (κ2) is 5.03. The molecule has 1 aromatic heterocycles. The summed E-state index contributed by atoms with van der Waals surface area (Å²) in [4.78, 5) is 5.70. The van der Waals surface area contributed by atoms with Crippen LogP contribution in [0.5, 0.6) is 0 Å². The molecule has 0 N–H and O–H groups in total. The van der Waals surface area contributed by atoms with Gasteiger partial charge in [0.05, 0.1) is 5.69 Å². The number of thioether (sulfide) groups is 1. The lowest BCUT2D eigenvalue weighted by molar-refractivity contribution is 0.927. The van der Waals surface area contributed by atoms with Crippen LogP contribution in [0.3, 0.4) is 0 Å². The van der Waals surface area contributed by atoms with E-state index in [2.05, 4.69) is 17.3 Å². The maximum atomic E-state index is 4.50. The first kappa shape index (κ1) is 11.0. The van der Waals surface area contributed by atoms with E-state index in [1.54, 1.807) is 11.8 Å². The van der Waals surface area contributed by atoms with Crippen LogP contribution >= 0.6 is 11.8 Å². The third-order valence-electron chi connectivity index (χ3n) is 2.29. The van der Waals surface area contributed by atoms with Crippen LogP contribution in [0.4, 0.5) is 5.69 Å². The minimum Gasteiger partial charge on any atom is -0.357 e. The van der Waals surface area contributed by atoms with Gasteiger partial charge in [0.15, 0.2) is 0 Å². The molecule has 0 saturated heterocycles. The number of rotatable bonds is 3. The standard InChI is InChI=1S/C13H14N2S/c1-15-8-7-11(10-15)9-14-12-5-3-4-6-13(12)16-2/h3-10H,1-2H3. The number of aliphatic imine (C=N–C) groups is 1. The zero-order valence-electron chi connectivity index (χ0n) is 9.42. The van der Waals surface area contributed by atoms with Crippen molar-refractivity contribution in [1.29, 1.82) is 0 Å². The first-order valence-corrected chi connectivity index (χ1v) is 6.31. The molecule has 0 atom stereocenters. The van der Waals surface area contributed by atoms with Crippen LogP contribution < -0.4 is 0 Å². The molecular formula is C13H14N2S. The van der Waals surface area contributed by atoms with Crippen LogP contribution in [0.2, 0.25) is 0 Å². The molecule has 2 aromatic rings. The van der Waals surface area contributed by atoms with E-state index in [4.69, 9.17) is 0 Å². The average Bonchev–Trinajstić information content (AvgIpc) is 2.73. The first-order valence-electron chi connectivity index (χ1n) is 5.08. The number of aromatic nitrogens is 1. The Morgan fingerprint density at radius 1 is 1.25 bits per heavy atom. The topological polar surface area (TPSA) is 17.3 Å². The van der Waals surface area contributed by atoms with E-state index in [1.807, 2.05) is 54.5 Å². The minimum absolute atomic E-state index is 1.03. The number of benzene rings is 1. The summed E-state index contributed by atoms with van der Waals surface area (Å²) in [5.74, 6) is 0. The fourth-order valence-electron chi connectivity index (χ4n) is 1.48. The lowest BCUT2D eigenvalue weighted by Gasteiger charge is -2.00. The summed E-state index contributed by atoms with van der Waals surface area (Å²) in [5.41, 5.74) is 2.15. The van der Waals surface area contributed by atoms with E-state index in [0.717, 1.165) is 11.3 Å². The Morgan fingerprint density at radius 2 is 2.06 bits per heavy atom. The summed E-state index contributed by atoms with van der Waals surface area (Å²) in [6.45, 7) is 0. The molecule has 0 amide bonds. The third kappa shape index (κ3) is 2.55. The molecule has 0 aliphatic rings.